The third-order valence-electron chi connectivity index (χ3n) is 4.66. The van der Waals surface area contributed by atoms with E-state index in [1.54, 1.807) is 0 Å². The first-order valence-corrected chi connectivity index (χ1v) is 9.64. The first kappa shape index (κ1) is 16.6. The van der Waals surface area contributed by atoms with Crippen molar-refractivity contribution in [1.82, 2.24) is 14.3 Å². The molecule has 1 aromatic carbocycles. The van der Waals surface area contributed by atoms with E-state index in [1.807, 2.05) is 22.9 Å². The maximum absolute atomic E-state index is 6.11. The van der Waals surface area contributed by atoms with E-state index in [-0.39, 0.29) is 0 Å². The number of hydrogen-bond donors (Lipinski definition) is 1. The molecule has 0 aliphatic heterocycles. The minimum absolute atomic E-state index is 0.595. The van der Waals surface area contributed by atoms with Gasteiger partial charge < -0.3 is 9.47 Å². The molecule has 2 saturated carbocycles. The minimum Gasteiger partial charge on any atom is -0.315 e. The summed E-state index contributed by atoms with van der Waals surface area (Å²) in [6.45, 7) is 1.62. The van der Waals surface area contributed by atoms with Crippen molar-refractivity contribution in [3.8, 4) is 0 Å². The van der Waals surface area contributed by atoms with Gasteiger partial charge in [-0.2, -0.15) is 9.78 Å². The zero-order valence-corrected chi connectivity index (χ0v) is 16.0. The van der Waals surface area contributed by atoms with Gasteiger partial charge in [-0.15, -0.1) is 0 Å². The van der Waals surface area contributed by atoms with Crippen LogP contribution in [0.4, 0.5) is 0 Å². The fourth-order valence-corrected chi connectivity index (χ4v) is 3.81. The highest BCUT2D eigenvalue weighted by Gasteiger charge is 2.36. The number of quaternary nitrogens is 1. The topological polar surface area (TPSA) is 27.2 Å². The molecule has 2 aliphatic rings. The molecule has 0 saturated heterocycles. The lowest BCUT2D eigenvalue weighted by molar-refractivity contribution is -0.917. The summed E-state index contributed by atoms with van der Waals surface area (Å²) in [6, 6.07) is 6.41. The first-order chi connectivity index (χ1) is 11.5. The lowest BCUT2D eigenvalue weighted by Gasteiger charge is -2.14. The van der Waals surface area contributed by atoms with Crippen LogP contribution in [0.1, 0.15) is 49.0 Å². The fourth-order valence-electron chi connectivity index (χ4n) is 3.15. The quantitative estimate of drug-likeness (QED) is 0.771. The standard InChI is InChI=1S/C17H20Cl2N4S/c1-21(9-11-2-7-14(18)15(19)8-11)10-22-17(24)23(13-5-6-13)16(20-22)12-3-4-12/h2,7-8,12-13H,3-6,9-10H2,1H3/p+1. The highest BCUT2D eigenvalue weighted by atomic mass is 35.5. The van der Waals surface area contributed by atoms with Gasteiger partial charge in [-0.25, -0.2) is 0 Å². The molecule has 2 aliphatic carbocycles. The van der Waals surface area contributed by atoms with Crippen molar-refractivity contribution in [3.05, 3.63) is 44.4 Å². The molecule has 1 unspecified atom stereocenters. The van der Waals surface area contributed by atoms with E-state index in [0.717, 1.165) is 23.5 Å². The van der Waals surface area contributed by atoms with Crippen LogP contribution >= 0.6 is 35.4 Å². The molecule has 1 aromatic heterocycles. The van der Waals surface area contributed by atoms with Crippen LogP contribution in [-0.2, 0) is 13.2 Å². The Morgan fingerprint density at radius 1 is 1.21 bits per heavy atom. The molecule has 0 amide bonds. The van der Waals surface area contributed by atoms with Crippen molar-refractivity contribution in [3.63, 3.8) is 0 Å². The van der Waals surface area contributed by atoms with Gasteiger partial charge in [-0.3, -0.25) is 0 Å². The molecule has 1 N–H and O–H groups in total. The predicted molar refractivity (Wildman–Crippen MR) is 98.3 cm³/mol. The summed E-state index contributed by atoms with van der Waals surface area (Å²) in [5.74, 6) is 1.84. The molecule has 0 radical (unpaired) electrons. The number of benzene rings is 1. The van der Waals surface area contributed by atoms with Crippen molar-refractivity contribution in [2.75, 3.05) is 7.05 Å². The van der Waals surface area contributed by atoms with Crippen molar-refractivity contribution in [2.45, 2.75) is 50.9 Å². The Hall–Kier alpha value is -0.880. The van der Waals surface area contributed by atoms with Crippen LogP contribution in [0.2, 0.25) is 10.0 Å². The maximum atomic E-state index is 6.11. The van der Waals surface area contributed by atoms with Crippen LogP contribution in [0.25, 0.3) is 0 Å². The smallest absolute Gasteiger partial charge is 0.203 e. The van der Waals surface area contributed by atoms with Gasteiger partial charge in [0.15, 0.2) is 6.67 Å². The van der Waals surface area contributed by atoms with Crippen molar-refractivity contribution < 1.29 is 4.90 Å². The van der Waals surface area contributed by atoms with Gasteiger partial charge in [0, 0.05) is 17.5 Å². The van der Waals surface area contributed by atoms with E-state index < -0.39 is 0 Å². The fraction of sp³-hybridized carbons (Fsp3) is 0.529. The van der Waals surface area contributed by atoms with Gasteiger partial charge in [0.25, 0.3) is 0 Å². The Bertz CT molecular complexity index is 820. The van der Waals surface area contributed by atoms with Crippen LogP contribution < -0.4 is 4.90 Å². The largest absolute Gasteiger partial charge is 0.315 e. The van der Waals surface area contributed by atoms with E-state index in [0.29, 0.717) is 22.0 Å². The zero-order chi connectivity index (χ0) is 16.8. The van der Waals surface area contributed by atoms with Crippen molar-refractivity contribution in [2.24, 2.45) is 0 Å². The molecule has 7 heteroatoms. The average molecular weight is 384 g/mol. The van der Waals surface area contributed by atoms with Gasteiger partial charge in [0.1, 0.15) is 12.4 Å². The summed E-state index contributed by atoms with van der Waals surface area (Å²) in [4.78, 5) is 1.31. The molecule has 2 aromatic rings. The number of nitrogens with zero attached hydrogens (tertiary/aromatic N) is 3. The Morgan fingerprint density at radius 3 is 2.58 bits per heavy atom. The number of rotatable bonds is 6. The third-order valence-corrected chi connectivity index (χ3v) is 5.81. The van der Waals surface area contributed by atoms with Gasteiger partial charge >= 0.3 is 0 Å². The van der Waals surface area contributed by atoms with Crippen LogP contribution in [0.3, 0.4) is 0 Å². The molecular weight excluding hydrogens is 363 g/mol. The number of hydrogen-bond acceptors (Lipinski definition) is 2. The van der Waals surface area contributed by atoms with Crippen LogP contribution in [-0.4, -0.2) is 21.4 Å². The molecule has 1 atom stereocenters. The highest BCUT2D eigenvalue weighted by Crippen LogP contribution is 2.44. The maximum Gasteiger partial charge on any atom is 0.203 e. The van der Waals surface area contributed by atoms with Gasteiger partial charge in [0.05, 0.1) is 17.1 Å². The normalized spacial score (nSPS) is 18.8. The Balaban J connectivity index is 1.51. The molecule has 4 rings (SSSR count). The van der Waals surface area contributed by atoms with E-state index in [1.165, 1.54) is 36.4 Å². The number of aromatic nitrogens is 3. The van der Waals surface area contributed by atoms with Gasteiger partial charge in [0.2, 0.25) is 4.77 Å². The second-order valence-corrected chi connectivity index (χ2v) is 8.24. The summed E-state index contributed by atoms with van der Waals surface area (Å²) >= 11 is 17.8. The van der Waals surface area contributed by atoms with Crippen LogP contribution in [0.5, 0.6) is 0 Å². The summed E-state index contributed by atoms with van der Waals surface area (Å²) < 4.78 is 5.21. The molecular formula is C17H21Cl2N4S+. The van der Waals surface area contributed by atoms with Gasteiger partial charge in [-0.05, 0) is 50.0 Å². The predicted octanol–water partition coefficient (Wildman–Crippen LogP) is 3.61. The molecule has 24 heavy (non-hydrogen) atoms. The summed E-state index contributed by atoms with van der Waals surface area (Å²) in [6.07, 6.45) is 4.99. The number of halogens is 2. The number of nitrogens with one attached hydrogen (secondary N) is 1. The zero-order valence-electron chi connectivity index (χ0n) is 13.6. The Labute approximate surface area is 157 Å². The summed E-state index contributed by atoms with van der Waals surface area (Å²) in [5.41, 5.74) is 1.16. The lowest BCUT2D eigenvalue weighted by Crippen LogP contribution is -3.07. The SMILES string of the molecule is C[NH+](Cc1ccc(Cl)c(Cl)c1)Cn1nc(C2CC2)n(C2CC2)c1=S. The second-order valence-electron chi connectivity index (χ2n) is 7.06. The molecule has 128 valence electrons. The van der Waals surface area contributed by atoms with Crippen LogP contribution in [0, 0.1) is 4.77 Å². The molecule has 1 heterocycles. The lowest BCUT2D eigenvalue weighted by atomic mass is 10.2. The molecule has 0 bridgehead atoms. The minimum atomic E-state index is 0.595. The molecule has 2 fully saturated rings. The highest BCUT2D eigenvalue weighted by molar-refractivity contribution is 7.71. The average Bonchev–Trinajstić information content (AvgIpc) is 3.43. The molecule has 0 spiro atoms. The van der Waals surface area contributed by atoms with Crippen LogP contribution in [0.15, 0.2) is 18.2 Å². The summed E-state index contributed by atoms with van der Waals surface area (Å²) in [5, 5.41) is 6.05. The second kappa shape index (κ2) is 6.45. The Kier molecular flexibility index (Phi) is 4.45. The van der Waals surface area contributed by atoms with Crippen molar-refractivity contribution in [1.29, 1.82) is 0 Å². The molecule has 4 nitrogen and oxygen atoms in total. The first-order valence-electron chi connectivity index (χ1n) is 8.47. The monoisotopic (exact) mass is 383 g/mol. The van der Waals surface area contributed by atoms with Gasteiger partial charge in [-0.1, -0.05) is 29.3 Å². The third kappa shape index (κ3) is 3.40. The van der Waals surface area contributed by atoms with E-state index in [2.05, 4.69) is 11.6 Å². The van der Waals surface area contributed by atoms with Crippen molar-refractivity contribution >= 4 is 35.4 Å². The Morgan fingerprint density at radius 2 is 1.96 bits per heavy atom. The van der Waals surface area contributed by atoms with E-state index in [4.69, 9.17) is 40.5 Å². The van der Waals surface area contributed by atoms with E-state index >= 15 is 0 Å². The summed E-state index contributed by atoms with van der Waals surface area (Å²) in [7, 11) is 2.15. The van der Waals surface area contributed by atoms with E-state index in [9.17, 15) is 0 Å².